The van der Waals surface area contributed by atoms with Gasteiger partial charge in [0.15, 0.2) is 6.10 Å². The van der Waals surface area contributed by atoms with Gasteiger partial charge in [0, 0.05) is 17.2 Å². The fourth-order valence-electron chi connectivity index (χ4n) is 6.03. The summed E-state index contributed by atoms with van der Waals surface area (Å²) >= 11 is 0. The summed E-state index contributed by atoms with van der Waals surface area (Å²) in [6.45, 7) is 8.63. The van der Waals surface area contributed by atoms with E-state index in [1.54, 1.807) is 0 Å². The monoisotopic (exact) mass is 419 g/mol. The lowest BCUT2D eigenvalue weighted by Crippen LogP contribution is -2.27. The Morgan fingerprint density at radius 2 is 1.65 bits per heavy atom. The first kappa shape index (κ1) is 22.1. The number of esters is 1. The zero-order chi connectivity index (χ0) is 22.3. The SMILES string of the molecule is Cc1cc(C)c([C@H](OC(=O)[C@@H]2C[C@@H]3CC[C@H]2C3)c2ccccc2[C@@H](C)N(C)C)c(C)c1. The Morgan fingerprint density at radius 3 is 2.19 bits per heavy atom. The first-order valence-electron chi connectivity index (χ1n) is 11.8. The van der Waals surface area contributed by atoms with Crippen LogP contribution in [0.1, 0.15) is 78.1 Å². The number of aryl methyl sites for hydroxylation is 3. The molecule has 0 saturated heterocycles. The summed E-state index contributed by atoms with van der Waals surface area (Å²) in [5, 5.41) is 0. The molecular formula is C28H37NO2. The third-order valence-electron chi connectivity index (χ3n) is 7.78. The van der Waals surface area contributed by atoms with Crippen LogP contribution in [0.4, 0.5) is 0 Å². The van der Waals surface area contributed by atoms with E-state index in [4.69, 9.17) is 4.74 Å². The van der Waals surface area contributed by atoms with Gasteiger partial charge in [-0.15, -0.1) is 0 Å². The van der Waals surface area contributed by atoms with E-state index in [-0.39, 0.29) is 24.0 Å². The number of fused-ring (bicyclic) bond motifs is 2. The Bertz CT molecular complexity index is 940. The fraction of sp³-hybridized carbons (Fsp3) is 0.536. The van der Waals surface area contributed by atoms with Crippen LogP contribution in [0.3, 0.4) is 0 Å². The van der Waals surface area contributed by atoms with E-state index in [9.17, 15) is 4.79 Å². The molecule has 3 nitrogen and oxygen atoms in total. The van der Waals surface area contributed by atoms with Crippen LogP contribution in [0.2, 0.25) is 0 Å². The van der Waals surface area contributed by atoms with Crippen LogP contribution in [-0.2, 0) is 9.53 Å². The van der Waals surface area contributed by atoms with Crippen molar-refractivity contribution in [2.24, 2.45) is 17.8 Å². The predicted octanol–water partition coefficient (Wildman–Crippen LogP) is 6.30. The van der Waals surface area contributed by atoms with Gasteiger partial charge in [0.1, 0.15) is 0 Å². The lowest BCUT2D eigenvalue weighted by Gasteiger charge is -2.30. The average molecular weight is 420 g/mol. The van der Waals surface area contributed by atoms with E-state index in [0.717, 1.165) is 23.5 Å². The third-order valence-corrected chi connectivity index (χ3v) is 7.78. The maximum atomic E-state index is 13.5. The molecule has 4 rings (SSSR count). The number of rotatable bonds is 6. The molecule has 166 valence electrons. The molecule has 31 heavy (non-hydrogen) atoms. The fourth-order valence-corrected chi connectivity index (χ4v) is 6.03. The molecule has 0 amide bonds. The van der Waals surface area contributed by atoms with Crippen molar-refractivity contribution < 1.29 is 9.53 Å². The molecule has 0 spiro atoms. The highest BCUT2D eigenvalue weighted by Gasteiger charge is 2.44. The summed E-state index contributed by atoms with van der Waals surface area (Å²) in [6.07, 6.45) is 4.33. The van der Waals surface area contributed by atoms with Crippen molar-refractivity contribution in [3.63, 3.8) is 0 Å². The lowest BCUT2D eigenvalue weighted by atomic mass is 9.86. The van der Waals surface area contributed by atoms with Gasteiger partial charge in [-0.3, -0.25) is 4.79 Å². The number of ether oxygens (including phenoxy) is 1. The highest BCUT2D eigenvalue weighted by atomic mass is 16.5. The summed E-state index contributed by atoms with van der Waals surface area (Å²) in [5.74, 6) is 1.33. The first-order valence-corrected chi connectivity index (χ1v) is 11.8. The molecule has 0 heterocycles. The summed E-state index contributed by atoms with van der Waals surface area (Å²) < 4.78 is 6.47. The van der Waals surface area contributed by atoms with Gasteiger partial charge in [-0.25, -0.2) is 0 Å². The lowest BCUT2D eigenvalue weighted by molar-refractivity contribution is -0.154. The van der Waals surface area contributed by atoms with Crippen LogP contribution in [-0.4, -0.2) is 25.0 Å². The van der Waals surface area contributed by atoms with Gasteiger partial charge in [0.05, 0.1) is 5.92 Å². The summed E-state index contributed by atoms with van der Waals surface area (Å²) in [6, 6.07) is 13.1. The van der Waals surface area contributed by atoms with Crippen LogP contribution in [0.5, 0.6) is 0 Å². The quantitative estimate of drug-likeness (QED) is 0.514. The van der Waals surface area contributed by atoms with E-state index < -0.39 is 0 Å². The number of nitrogens with zero attached hydrogens (tertiary/aromatic N) is 1. The Morgan fingerprint density at radius 1 is 1.00 bits per heavy atom. The molecule has 2 aliphatic rings. The second kappa shape index (κ2) is 8.78. The standard InChI is InChI=1S/C28H37NO2/c1-17-13-18(2)26(19(3)14-17)27(24-10-8-7-9-23(24)20(4)29(5)6)31-28(30)25-16-21-11-12-22(25)15-21/h7-10,13-14,20-22,25,27H,11-12,15-16H2,1-6H3/t20-,21-,22+,25-,27-/m1/s1. The van der Waals surface area contributed by atoms with Crippen LogP contribution >= 0.6 is 0 Å². The highest BCUT2D eigenvalue weighted by Crippen LogP contribution is 2.49. The summed E-state index contributed by atoms with van der Waals surface area (Å²) in [5.41, 5.74) is 7.09. The average Bonchev–Trinajstić information content (AvgIpc) is 3.35. The number of hydrogen-bond donors (Lipinski definition) is 0. The smallest absolute Gasteiger partial charge is 0.310 e. The van der Waals surface area contributed by atoms with Gasteiger partial charge in [0.25, 0.3) is 0 Å². The number of carbonyl (C=O) groups excluding carboxylic acids is 1. The summed E-state index contributed by atoms with van der Waals surface area (Å²) in [4.78, 5) is 15.7. The van der Waals surface area contributed by atoms with Crippen LogP contribution in [0.15, 0.2) is 36.4 Å². The van der Waals surface area contributed by atoms with Crippen LogP contribution in [0, 0.1) is 38.5 Å². The van der Waals surface area contributed by atoms with Crippen molar-refractivity contribution in [2.75, 3.05) is 14.1 Å². The minimum atomic E-state index is -0.370. The molecule has 5 atom stereocenters. The number of benzene rings is 2. The maximum Gasteiger partial charge on any atom is 0.310 e. The Balaban J connectivity index is 1.77. The van der Waals surface area contributed by atoms with E-state index in [1.807, 2.05) is 0 Å². The summed E-state index contributed by atoms with van der Waals surface area (Å²) in [7, 11) is 4.19. The zero-order valence-corrected chi connectivity index (χ0v) is 19.9. The molecule has 2 aliphatic carbocycles. The second-order valence-corrected chi connectivity index (χ2v) is 10.2. The van der Waals surface area contributed by atoms with Gasteiger partial charge in [-0.1, -0.05) is 48.4 Å². The van der Waals surface area contributed by atoms with Crippen molar-refractivity contribution in [3.8, 4) is 0 Å². The van der Waals surface area contributed by atoms with Crippen LogP contribution in [0.25, 0.3) is 0 Å². The molecule has 2 aromatic rings. The molecule has 0 N–H and O–H groups in total. The Hall–Kier alpha value is -2.13. The minimum absolute atomic E-state index is 0.00360. The molecular weight excluding hydrogens is 382 g/mol. The minimum Gasteiger partial charge on any atom is -0.452 e. The molecule has 0 radical (unpaired) electrons. The third kappa shape index (κ3) is 4.30. The van der Waals surface area contributed by atoms with Gasteiger partial charge in [0.2, 0.25) is 0 Å². The van der Waals surface area contributed by atoms with Gasteiger partial charge in [-0.2, -0.15) is 0 Å². The van der Waals surface area contributed by atoms with Crippen molar-refractivity contribution >= 4 is 5.97 Å². The van der Waals surface area contributed by atoms with Crippen LogP contribution < -0.4 is 0 Å². The largest absolute Gasteiger partial charge is 0.452 e. The molecule has 0 unspecified atom stereocenters. The zero-order valence-electron chi connectivity index (χ0n) is 19.9. The van der Waals surface area contributed by atoms with Crippen molar-refractivity contribution in [1.82, 2.24) is 4.90 Å². The molecule has 3 heteroatoms. The molecule has 2 aromatic carbocycles. The Labute approximate surface area is 187 Å². The van der Waals surface area contributed by atoms with Gasteiger partial charge >= 0.3 is 5.97 Å². The molecule has 2 fully saturated rings. The molecule has 2 bridgehead atoms. The normalized spacial score (nSPS) is 24.4. The molecule has 2 saturated carbocycles. The van der Waals surface area contributed by atoms with Gasteiger partial charge in [-0.05, 0) is 89.6 Å². The Kier molecular flexibility index (Phi) is 6.25. The van der Waals surface area contributed by atoms with Gasteiger partial charge < -0.3 is 9.64 Å². The number of carbonyl (C=O) groups is 1. The van der Waals surface area contributed by atoms with E-state index in [1.165, 1.54) is 41.5 Å². The first-order chi connectivity index (χ1) is 14.8. The van der Waals surface area contributed by atoms with E-state index >= 15 is 0 Å². The van der Waals surface area contributed by atoms with E-state index in [0.29, 0.717) is 5.92 Å². The molecule has 0 aromatic heterocycles. The number of hydrogen-bond acceptors (Lipinski definition) is 3. The topological polar surface area (TPSA) is 29.5 Å². The highest BCUT2D eigenvalue weighted by molar-refractivity contribution is 5.74. The predicted molar refractivity (Wildman–Crippen MR) is 126 cm³/mol. The van der Waals surface area contributed by atoms with Crippen molar-refractivity contribution in [3.05, 3.63) is 69.8 Å². The molecule has 0 aliphatic heterocycles. The van der Waals surface area contributed by atoms with Crippen molar-refractivity contribution in [2.45, 2.75) is 65.5 Å². The van der Waals surface area contributed by atoms with E-state index in [2.05, 4.69) is 83.1 Å². The maximum absolute atomic E-state index is 13.5. The second-order valence-electron chi connectivity index (χ2n) is 10.2. The van der Waals surface area contributed by atoms with Crippen molar-refractivity contribution in [1.29, 1.82) is 0 Å².